The molecule has 0 saturated carbocycles. The minimum Gasteiger partial charge on any atom is -0.479 e. The van der Waals surface area contributed by atoms with Gasteiger partial charge in [-0.25, -0.2) is 4.79 Å². The Morgan fingerprint density at radius 3 is 1.25 bits per heavy atom. The SMILES string of the molecule is CC/C=C\C/C=C\C/C=C\CCCCCCCCCC(=O)OCC(COC1OC(C(=O)O)C(O)C(O)C1OC(=O)CCCCCCCCCCCCCCC)OC(=O)CCCCCCCCC/C=C\C/C=C\C/C=C\CC. The number of rotatable bonds is 52. The maximum atomic E-state index is 13.2. The molecule has 3 N–H and O–H groups in total. The summed E-state index contributed by atoms with van der Waals surface area (Å²) in [4.78, 5) is 51.2. The maximum Gasteiger partial charge on any atom is 0.335 e. The van der Waals surface area contributed by atoms with Crippen molar-refractivity contribution in [2.45, 2.75) is 302 Å². The number of hydrogen-bond acceptors (Lipinski definition) is 11. The summed E-state index contributed by atoms with van der Waals surface area (Å²) in [6, 6.07) is 0. The first kappa shape index (κ1) is 71.2. The van der Waals surface area contributed by atoms with Gasteiger partial charge < -0.3 is 39.0 Å². The van der Waals surface area contributed by atoms with Gasteiger partial charge in [-0.1, -0.05) is 235 Å². The molecule has 0 bridgehead atoms. The van der Waals surface area contributed by atoms with E-state index in [-0.39, 0.29) is 25.9 Å². The van der Waals surface area contributed by atoms with Crippen molar-refractivity contribution >= 4 is 23.9 Å². The fourth-order valence-corrected chi connectivity index (χ4v) is 9.10. The number of carboxylic acid groups (broad SMARTS) is 1. The van der Waals surface area contributed by atoms with Crippen LogP contribution in [0, 0.1) is 0 Å². The average Bonchev–Trinajstić information content (AvgIpc) is 3.42. The van der Waals surface area contributed by atoms with E-state index in [1.165, 1.54) is 57.8 Å². The van der Waals surface area contributed by atoms with Crippen LogP contribution in [-0.2, 0) is 42.9 Å². The predicted octanol–water partition coefficient (Wildman–Crippen LogP) is 16.1. The fraction of sp³-hybridized carbons (Fsp3) is 0.754. The Hall–Kier alpha value is -3.84. The van der Waals surface area contributed by atoms with Gasteiger partial charge >= 0.3 is 23.9 Å². The summed E-state index contributed by atoms with van der Waals surface area (Å²) in [7, 11) is 0. The van der Waals surface area contributed by atoms with E-state index in [4.69, 9.17) is 23.7 Å². The zero-order valence-corrected chi connectivity index (χ0v) is 48.7. The van der Waals surface area contributed by atoms with E-state index in [1.807, 2.05) is 0 Å². The van der Waals surface area contributed by atoms with Gasteiger partial charge in [0.25, 0.3) is 0 Å². The smallest absolute Gasteiger partial charge is 0.335 e. The normalized spacial score (nSPS) is 18.5. The quantitative estimate of drug-likeness (QED) is 0.0228. The number of aliphatic hydroxyl groups excluding tert-OH is 2. The van der Waals surface area contributed by atoms with Crippen LogP contribution in [0.1, 0.15) is 265 Å². The molecule has 0 spiro atoms. The molecule has 0 aromatic rings. The number of aliphatic hydroxyl groups is 2. The van der Waals surface area contributed by atoms with Gasteiger partial charge in [0.2, 0.25) is 0 Å². The summed E-state index contributed by atoms with van der Waals surface area (Å²) in [5.41, 5.74) is 0. The molecule has 12 heteroatoms. The van der Waals surface area contributed by atoms with E-state index in [2.05, 4.69) is 93.7 Å². The van der Waals surface area contributed by atoms with Gasteiger partial charge in [0.1, 0.15) is 18.8 Å². The molecule has 0 aromatic heterocycles. The standard InChI is InChI=1S/C65H110O12/c1-4-7-10-13-16-19-22-25-27-29-31-34-36-39-42-45-48-51-57(66)73-54-56(75-58(67)52-49-46-43-40-38-35-32-30-28-26-23-20-17-14-11-8-5-2)55-74-65-63(61(70)60(69)62(77-65)64(71)72)76-59(68)53-50-47-44-41-37-33-24-21-18-15-12-9-6-3/h7-8,10-11,16-17,19-20,25-28,56,60-63,65,69-70H,4-6,9,12-15,18,21-24,29-55H2,1-3H3,(H,71,72)/b10-7-,11-8-,19-16-,20-17-,27-25-,28-26-. The van der Waals surface area contributed by atoms with Crippen LogP contribution in [0.3, 0.4) is 0 Å². The predicted molar refractivity (Wildman–Crippen MR) is 312 cm³/mol. The minimum absolute atomic E-state index is 0.0598. The lowest BCUT2D eigenvalue weighted by atomic mass is 9.98. The third kappa shape index (κ3) is 42.7. The van der Waals surface area contributed by atoms with Crippen LogP contribution in [0.5, 0.6) is 0 Å². The first-order chi connectivity index (χ1) is 37.6. The zero-order valence-electron chi connectivity index (χ0n) is 48.7. The average molecular weight is 1080 g/mol. The Labute approximate surface area is 468 Å². The van der Waals surface area contributed by atoms with Crippen molar-refractivity contribution in [1.29, 1.82) is 0 Å². The molecule has 77 heavy (non-hydrogen) atoms. The molecular weight excluding hydrogens is 973 g/mol. The molecule has 442 valence electrons. The lowest BCUT2D eigenvalue weighted by molar-refractivity contribution is -0.301. The van der Waals surface area contributed by atoms with Crippen molar-refractivity contribution in [2.24, 2.45) is 0 Å². The van der Waals surface area contributed by atoms with Crippen LogP contribution in [0.4, 0.5) is 0 Å². The van der Waals surface area contributed by atoms with Crippen molar-refractivity contribution in [2.75, 3.05) is 13.2 Å². The van der Waals surface area contributed by atoms with Crippen LogP contribution in [-0.4, -0.2) is 89.2 Å². The van der Waals surface area contributed by atoms with Crippen LogP contribution >= 0.6 is 0 Å². The number of hydrogen-bond donors (Lipinski definition) is 3. The van der Waals surface area contributed by atoms with E-state index < -0.39 is 67.3 Å². The third-order valence-corrected chi connectivity index (χ3v) is 13.8. The number of carboxylic acids is 1. The van der Waals surface area contributed by atoms with Crippen molar-refractivity contribution in [3.8, 4) is 0 Å². The zero-order chi connectivity index (χ0) is 56.1. The van der Waals surface area contributed by atoms with E-state index in [0.29, 0.717) is 19.3 Å². The van der Waals surface area contributed by atoms with E-state index in [9.17, 15) is 34.5 Å². The number of carbonyl (C=O) groups excluding carboxylic acids is 3. The summed E-state index contributed by atoms with van der Waals surface area (Å²) in [5, 5.41) is 31.5. The molecule has 12 nitrogen and oxygen atoms in total. The number of unbranched alkanes of at least 4 members (excludes halogenated alkanes) is 26. The second-order valence-corrected chi connectivity index (χ2v) is 20.9. The summed E-state index contributed by atoms with van der Waals surface area (Å²) < 4.78 is 28.5. The highest BCUT2D eigenvalue weighted by molar-refractivity contribution is 5.74. The number of carbonyl (C=O) groups is 4. The van der Waals surface area contributed by atoms with Crippen molar-refractivity contribution in [1.82, 2.24) is 0 Å². The van der Waals surface area contributed by atoms with Gasteiger partial charge in [0.05, 0.1) is 6.61 Å². The van der Waals surface area contributed by atoms with Gasteiger partial charge in [0.15, 0.2) is 24.6 Å². The van der Waals surface area contributed by atoms with Crippen LogP contribution in [0.25, 0.3) is 0 Å². The summed E-state index contributed by atoms with van der Waals surface area (Å²) >= 11 is 0. The summed E-state index contributed by atoms with van der Waals surface area (Å²) in [6.07, 6.45) is 54.3. The highest BCUT2D eigenvalue weighted by Gasteiger charge is 2.50. The van der Waals surface area contributed by atoms with E-state index in [0.717, 1.165) is 148 Å². The van der Waals surface area contributed by atoms with Gasteiger partial charge in [-0.05, 0) is 83.5 Å². The molecule has 6 atom stereocenters. The molecule has 1 heterocycles. The molecule has 1 aliphatic rings. The first-order valence-corrected chi connectivity index (χ1v) is 30.9. The monoisotopic (exact) mass is 1080 g/mol. The van der Waals surface area contributed by atoms with Crippen molar-refractivity contribution in [3.63, 3.8) is 0 Å². The topological polar surface area (TPSA) is 175 Å². The molecule has 1 saturated heterocycles. The second-order valence-electron chi connectivity index (χ2n) is 20.9. The van der Waals surface area contributed by atoms with Gasteiger partial charge in [0, 0.05) is 19.3 Å². The lowest BCUT2D eigenvalue weighted by Crippen LogP contribution is -2.61. The van der Waals surface area contributed by atoms with Crippen LogP contribution in [0.15, 0.2) is 72.9 Å². The molecule has 1 aliphatic heterocycles. The summed E-state index contributed by atoms with van der Waals surface area (Å²) in [5.74, 6) is -3.13. The van der Waals surface area contributed by atoms with E-state index in [1.54, 1.807) is 0 Å². The first-order valence-electron chi connectivity index (χ1n) is 30.9. The Kier molecular flexibility index (Phi) is 48.8. The van der Waals surface area contributed by atoms with Gasteiger partial charge in [-0.3, -0.25) is 14.4 Å². The highest BCUT2D eigenvalue weighted by Crippen LogP contribution is 2.26. The number of aliphatic carboxylic acids is 1. The summed E-state index contributed by atoms with van der Waals surface area (Å²) in [6.45, 7) is 5.77. The Morgan fingerprint density at radius 1 is 0.442 bits per heavy atom. The Bertz CT molecular complexity index is 1620. The number of ether oxygens (including phenoxy) is 5. The number of esters is 3. The second kappa shape index (κ2) is 52.8. The third-order valence-electron chi connectivity index (χ3n) is 13.8. The molecule has 1 fully saturated rings. The van der Waals surface area contributed by atoms with Crippen molar-refractivity contribution < 1.29 is 58.2 Å². The van der Waals surface area contributed by atoms with Crippen LogP contribution < -0.4 is 0 Å². The molecular formula is C65H110O12. The number of allylic oxidation sites excluding steroid dienone is 12. The maximum absolute atomic E-state index is 13.2. The van der Waals surface area contributed by atoms with Gasteiger partial charge in [-0.15, -0.1) is 0 Å². The molecule has 6 unspecified atom stereocenters. The van der Waals surface area contributed by atoms with Crippen LogP contribution in [0.2, 0.25) is 0 Å². The fourth-order valence-electron chi connectivity index (χ4n) is 9.10. The largest absolute Gasteiger partial charge is 0.479 e. The highest BCUT2D eigenvalue weighted by atomic mass is 16.7. The Balaban J connectivity index is 2.68. The minimum atomic E-state index is -1.91. The molecule has 0 aliphatic carbocycles. The van der Waals surface area contributed by atoms with Gasteiger partial charge in [-0.2, -0.15) is 0 Å². The van der Waals surface area contributed by atoms with E-state index >= 15 is 0 Å². The van der Waals surface area contributed by atoms with Crippen molar-refractivity contribution in [3.05, 3.63) is 72.9 Å². The Morgan fingerprint density at radius 2 is 0.818 bits per heavy atom. The molecule has 0 amide bonds. The molecule has 0 radical (unpaired) electrons. The lowest BCUT2D eigenvalue weighted by Gasteiger charge is -2.40. The molecule has 0 aromatic carbocycles. The molecule has 1 rings (SSSR count).